The van der Waals surface area contributed by atoms with Gasteiger partial charge in [0.05, 0.1) is 13.7 Å². The molecule has 0 aromatic heterocycles. The molecule has 1 N–H and O–H groups in total. The van der Waals surface area contributed by atoms with E-state index in [-0.39, 0.29) is 0 Å². The predicted octanol–water partition coefficient (Wildman–Crippen LogP) is 4.71. The van der Waals surface area contributed by atoms with E-state index in [1.54, 1.807) is 12.7 Å². The van der Waals surface area contributed by atoms with Crippen molar-refractivity contribution in [2.75, 3.05) is 20.3 Å². The van der Waals surface area contributed by atoms with Crippen molar-refractivity contribution < 1.29 is 9.47 Å². The first kappa shape index (κ1) is 17.9. The van der Waals surface area contributed by atoms with Gasteiger partial charge in [-0.1, -0.05) is 37.6 Å². The summed E-state index contributed by atoms with van der Waals surface area (Å²) in [6.07, 6.45) is 8.84. The first-order valence-corrected chi connectivity index (χ1v) is 8.88. The van der Waals surface area contributed by atoms with Crippen LogP contribution in [0, 0.1) is 5.92 Å². The minimum Gasteiger partial charge on any atom is -0.493 e. The van der Waals surface area contributed by atoms with Crippen molar-refractivity contribution in [1.29, 1.82) is 0 Å². The zero-order valence-electron chi connectivity index (χ0n) is 14.9. The predicted molar refractivity (Wildman–Crippen MR) is 96.2 cm³/mol. The van der Waals surface area contributed by atoms with Gasteiger partial charge in [0.15, 0.2) is 11.5 Å². The molecule has 0 atom stereocenters. The topological polar surface area (TPSA) is 30.5 Å². The van der Waals surface area contributed by atoms with Crippen LogP contribution in [0.5, 0.6) is 11.5 Å². The van der Waals surface area contributed by atoms with E-state index in [4.69, 9.17) is 9.47 Å². The van der Waals surface area contributed by atoms with Gasteiger partial charge in [-0.25, -0.2) is 0 Å². The van der Waals surface area contributed by atoms with Crippen LogP contribution in [0.25, 0.3) is 0 Å². The second-order valence-corrected chi connectivity index (χ2v) is 6.69. The molecular weight excluding hydrogens is 286 g/mol. The summed E-state index contributed by atoms with van der Waals surface area (Å²) in [5.74, 6) is 2.20. The Balaban J connectivity index is 1.88. The Bertz CT molecular complexity index is 508. The highest BCUT2D eigenvalue weighted by Crippen LogP contribution is 2.31. The van der Waals surface area contributed by atoms with Gasteiger partial charge in [-0.2, -0.15) is 0 Å². The quantitative estimate of drug-likeness (QED) is 0.528. The summed E-state index contributed by atoms with van der Waals surface area (Å²) in [5.41, 5.74) is 2.79. The van der Waals surface area contributed by atoms with Crippen LogP contribution in [0.3, 0.4) is 0 Å². The lowest BCUT2D eigenvalue weighted by molar-refractivity contribution is 0.254. The molecule has 1 aliphatic carbocycles. The summed E-state index contributed by atoms with van der Waals surface area (Å²) in [7, 11) is 1.70. The first-order chi connectivity index (χ1) is 11.2. The lowest BCUT2D eigenvalue weighted by Gasteiger charge is -2.17. The van der Waals surface area contributed by atoms with Gasteiger partial charge in [-0.15, -0.1) is 0 Å². The van der Waals surface area contributed by atoms with E-state index in [1.807, 2.05) is 12.1 Å². The Kier molecular flexibility index (Phi) is 7.47. The maximum Gasteiger partial charge on any atom is 0.165 e. The number of ether oxygens (including phenoxy) is 2. The van der Waals surface area contributed by atoms with Crippen LogP contribution < -0.4 is 14.8 Å². The zero-order valence-corrected chi connectivity index (χ0v) is 14.9. The minimum atomic E-state index is 0.499. The maximum atomic E-state index is 5.99. The molecule has 128 valence electrons. The van der Waals surface area contributed by atoms with Gasteiger partial charge in [-0.05, 0) is 50.6 Å². The molecule has 0 fully saturated rings. The number of nitrogens with one attached hydrogen (secondary N) is 1. The third kappa shape index (κ3) is 5.91. The van der Waals surface area contributed by atoms with Crippen LogP contribution in [-0.4, -0.2) is 20.3 Å². The zero-order chi connectivity index (χ0) is 16.5. The molecule has 0 heterocycles. The van der Waals surface area contributed by atoms with E-state index in [0.29, 0.717) is 12.5 Å². The highest BCUT2D eigenvalue weighted by atomic mass is 16.5. The van der Waals surface area contributed by atoms with E-state index < -0.39 is 0 Å². The standard InChI is InChI=1S/C20H31NO2/c1-16(2)15-23-20-18(10-7-11-19(20)22-3)14-21-13-12-17-8-5-4-6-9-17/h7-8,10-11,16,21H,4-6,9,12-15H2,1-3H3. The maximum absolute atomic E-state index is 5.99. The van der Waals surface area contributed by atoms with Crippen LogP contribution in [0.4, 0.5) is 0 Å². The molecule has 0 spiro atoms. The summed E-state index contributed by atoms with van der Waals surface area (Å²) in [5, 5.41) is 3.55. The first-order valence-electron chi connectivity index (χ1n) is 8.88. The summed E-state index contributed by atoms with van der Waals surface area (Å²) < 4.78 is 11.4. The normalized spacial score (nSPS) is 14.7. The molecule has 0 bridgehead atoms. The number of methoxy groups -OCH3 is 1. The summed E-state index contributed by atoms with van der Waals surface area (Å²) >= 11 is 0. The highest BCUT2D eigenvalue weighted by Gasteiger charge is 2.11. The molecular formula is C20H31NO2. The van der Waals surface area contributed by atoms with E-state index in [9.17, 15) is 0 Å². The van der Waals surface area contributed by atoms with Crippen LogP contribution >= 0.6 is 0 Å². The number of benzene rings is 1. The molecule has 0 saturated heterocycles. The molecule has 0 aliphatic heterocycles. The molecule has 1 aliphatic rings. The molecule has 1 aromatic carbocycles. The fourth-order valence-electron chi connectivity index (χ4n) is 2.88. The summed E-state index contributed by atoms with van der Waals surface area (Å²) in [4.78, 5) is 0. The lowest BCUT2D eigenvalue weighted by Crippen LogP contribution is -2.17. The third-order valence-corrected chi connectivity index (χ3v) is 4.16. The second-order valence-electron chi connectivity index (χ2n) is 6.69. The number of hydrogen-bond acceptors (Lipinski definition) is 3. The Morgan fingerprint density at radius 3 is 2.78 bits per heavy atom. The van der Waals surface area contributed by atoms with E-state index in [1.165, 1.54) is 31.2 Å². The second kappa shape index (κ2) is 9.61. The van der Waals surface area contributed by atoms with Gasteiger partial charge in [0.25, 0.3) is 0 Å². The molecule has 3 heteroatoms. The van der Waals surface area contributed by atoms with Crippen LogP contribution in [0.2, 0.25) is 0 Å². The number of para-hydroxylation sites is 1. The fourth-order valence-corrected chi connectivity index (χ4v) is 2.88. The molecule has 0 saturated carbocycles. The SMILES string of the molecule is COc1cccc(CNCCC2=CCCCC2)c1OCC(C)C. The van der Waals surface area contributed by atoms with Crippen LogP contribution in [0.15, 0.2) is 29.8 Å². The highest BCUT2D eigenvalue weighted by molar-refractivity contribution is 5.46. The third-order valence-electron chi connectivity index (χ3n) is 4.16. The Morgan fingerprint density at radius 1 is 1.22 bits per heavy atom. The van der Waals surface area contributed by atoms with Gasteiger partial charge in [0.2, 0.25) is 0 Å². The lowest BCUT2D eigenvalue weighted by atomic mass is 9.97. The van der Waals surface area contributed by atoms with Crippen molar-refractivity contribution in [3.63, 3.8) is 0 Å². The van der Waals surface area contributed by atoms with Crippen LogP contribution in [0.1, 0.15) is 51.5 Å². The van der Waals surface area contributed by atoms with Gasteiger partial charge >= 0.3 is 0 Å². The van der Waals surface area contributed by atoms with Crippen LogP contribution in [-0.2, 0) is 6.54 Å². The largest absolute Gasteiger partial charge is 0.493 e. The Morgan fingerprint density at radius 2 is 2.09 bits per heavy atom. The van der Waals surface area contributed by atoms with Gasteiger partial charge in [-0.3, -0.25) is 0 Å². The van der Waals surface area contributed by atoms with E-state index >= 15 is 0 Å². The van der Waals surface area contributed by atoms with E-state index in [0.717, 1.165) is 31.0 Å². The Labute approximate surface area is 141 Å². The molecule has 3 nitrogen and oxygen atoms in total. The van der Waals surface area contributed by atoms with Gasteiger partial charge < -0.3 is 14.8 Å². The molecule has 0 amide bonds. The van der Waals surface area contributed by atoms with Crippen molar-refractivity contribution in [2.24, 2.45) is 5.92 Å². The van der Waals surface area contributed by atoms with Crippen molar-refractivity contribution in [2.45, 2.75) is 52.5 Å². The molecule has 2 rings (SSSR count). The fraction of sp³-hybridized carbons (Fsp3) is 0.600. The number of rotatable bonds is 9. The Hall–Kier alpha value is -1.48. The van der Waals surface area contributed by atoms with Crippen molar-refractivity contribution in [1.82, 2.24) is 5.32 Å². The smallest absolute Gasteiger partial charge is 0.165 e. The van der Waals surface area contributed by atoms with Crippen molar-refractivity contribution in [3.8, 4) is 11.5 Å². The van der Waals surface area contributed by atoms with Gasteiger partial charge in [0.1, 0.15) is 0 Å². The monoisotopic (exact) mass is 317 g/mol. The summed E-state index contributed by atoms with van der Waals surface area (Å²) in [6, 6.07) is 6.11. The molecule has 0 unspecified atom stereocenters. The van der Waals surface area contributed by atoms with E-state index in [2.05, 4.69) is 31.3 Å². The number of hydrogen-bond donors (Lipinski definition) is 1. The average molecular weight is 317 g/mol. The van der Waals surface area contributed by atoms with Gasteiger partial charge in [0, 0.05) is 12.1 Å². The molecule has 23 heavy (non-hydrogen) atoms. The average Bonchev–Trinajstić information content (AvgIpc) is 2.58. The number of allylic oxidation sites excluding steroid dienone is 1. The summed E-state index contributed by atoms with van der Waals surface area (Å²) in [6.45, 7) is 6.86. The molecule has 1 aromatic rings. The minimum absolute atomic E-state index is 0.499. The molecule has 0 radical (unpaired) electrons. The van der Waals surface area contributed by atoms with Crippen molar-refractivity contribution in [3.05, 3.63) is 35.4 Å². The van der Waals surface area contributed by atoms with Crippen molar-refractivity contribution >= 4 is 0 Å².